The third-order valence-corrected chi connectivity index (χ3v) is 3.63. The molecule has 120 valence electrons. The molecule has 2 N–H and O–H groups in total. The molecule has 0 saturated carbocycles. The van der Waals surface area contributed by atoms with Gasteiger partial charge in [-0.15, -0.1) is 10.2 Å². The van der Waals surface area contributed by atoms with Crippen LogP contribution in [0.2, 0.25) is 0 Å². The number of carbonyl (C=O) groups excluding carboxylic acids is 2. The van der Waals surface area contributed by atoms with E-state index in [1.807, 2.05) is 0 Å². The Hall–Kier alpha value is -3.48. The molecule has 0 unspecified atom stereocenters. The molecule has 3 aromatic rings. The second-order valence-corrected chi connectivity index (χ2v) is 5.10. The second kappa shape index (κ2) is 5.96. The molecule has 7 nitrogen and oxygen atoms in total. The summed E-state index contributed by atoms with van der Waals surface area (Å²) >= 11 is 0. The van der Waals surface area contributed by atoms with Crippen LogP contribution in [0.25, 0.3) is 10.9 Å². The van der Waals surface area contributed by atoms with Crippen LogP contribution in [0.15, 0.2) is 58.8 Å². The first-order valence-corrected chi connectivity index (χ1v) is 7.05. The molecular weight excluding hydrogens is 310 g/mol. The van der Waals surface area contributed by atoms with Crippen molar-refractivity contribution in [2.24, 2.45) is 17.3 Å². The molecular formula is C17H13N3O4. The quantitative estimate of drug-likeness (QED) is 0.439. The largest absolute Gasteiger partial charge is 0.507 e. The number of para-hydroxylation sites is 2. The highest BCUT2D eigenvalue weighted by Gasteiger charge is 2.20. The van der Waals surface area contributed by atoms with Gasteiger partial charge in [-0.05, 0) is 18.2 Å². The SMILES string of the molecule is Cn1c(O)c(N=NC(=O)C(=O)c2ccccc2O)c2ccccc21. The summed E-state index contributed by atoms with van der Waals surface area (Å²) in [4.78, 5) is 23.9. The lowest BCUT2D eigenvalue weighted by molar-refractivity contribution is -0.114. The lowest BCUT2D eigenvalue weighted by Gasteiger charge is -1.99. The van der Waals surface area contributed by atoms with Gasteiger partial charge in [-0.3, -0.25) is 9.59 Å². The lowest BCUT2D eigenvalue weighted by Crippen LogP contribution is -2.10. The number of Topliss-reactive ketones (excluding diaryl/α,β-unsaturated/α-hetero) is 1. The molecule has 3 rings (SSSR count). The molecule has 0 aliphatic rings. The van der Waals surface area contributed by atoms with Gasteiger partial charge in [-0.2, -0.15) is 0 Å². The van der Waals surface area contributed by atoms with Crippen molar-refractivity contribution in [2.75, 3.05) is 0 Å². The predicted octanol–water partition coefficient (Wildman–Crippen LogP) is 3.08. The first kappa shape index (κ1) is 15.4. The number of ketones is 1. The molecule has 0 aliphatic carbocycles. The Labute approximate surface area is 136 Å². The molecule has 0 bridgehead atoms. The van der Waals surface area contributed by atoms with Crippen molar-refractivity contribution in [3.05, 3.63) is 54.1 Å². The molecule has 1 amide bonds. The van der Waals surface area contributed by atoms with Gasteiger partial charge in [0.25, 0.3) is 5.78 Å². The number of aromatic nitrogens is 1. The number of phenolic OH excluding ortho intramolecular Hbond substituents is 1. The van der Waals surface area contributed by atoms with E-state index in [0.29, 0.717) is 10.9 Å². The van der Waals surface area contributed by atoms with Gasteiger partial charge in [-0.25, -0.2) is 0 Å². The van der Waals surface area contributed by atoms with Crippen LogP contribution in [-0.2, 0) is 11.8 Å². The van der Waals surface area contributed by atoms with Gasteiger partial charge in [0.1, 0.15) is 5.75 Å². The Kier molecular flexibility index (Phi) is 3.83. The van der Waals surface area contributed by atoms with Crippen LogP contribution in [0.3, 0.4) is 0 Å². The van der Waals surface area contributed by atoms with E-state index in [2.05, 4.69) is 10.2 Å². The first-order valence-electron chi connectivity index (χ1n) is 7.05. The molecule has 0 spiro atoms. The Bertz CT molecular complexity index is 989. The minimum Gasteiger partial charge on any atom is -0.507 e. The number of azo groups is 1. The average molecular weight is 323 g/mol. The number of carbonyl (C=O) groups is 2. The van der Waals surface area contributed by atoms with E-state index >= 15 is 0 Å². The molecule has 2 aromatic carbocycles. The molecule has 0 saturated heterocycles. The average Bonchev–Trinajstić information content (AvgIpc) is 2.84. The van der Waals surface area contributed by atoms with Crippen molar-refractivity contribution >= 4 is 28.3 Å². The number of hydrogen-bond acceptors (Lipinski definition) is 5. The van der Waals surface area contributed by atoms with Crippen LogP contribution in [-0.4, -0.2) is 26.5 Å². The van der Waals surface area contributed by atoms with Crippen LogP contribution in [0.1, 0.15) is 10.4 Å². The van der Waals surface area contributed by atoms with Gasteiger partial charge in [0.15, 0.2) is 5.69 Å². The maximum absolute atomic E-state index is 12.0. The molecule has 0 aliphatic heterocycles. The monoisotopic (exact) mass is 323 g/mol. The Morgan fingerprint density at radius 3 is 2.42 bits per heavy atom. The fraction of sp³-hybridized carbons (Fsp3) is 0.0588. The maximum Gasteiger partial charge on any atom is 0.336 e. The van der Waals surface area contributed by atoms with Crippen molar-refractivity contribution in [1.29, 1.82) is 0 Å². The Balaban J connectivity index is 1.94. The minimum absolute atomic E-state index is 0.103. The van der Waals surface area contributed by atoms with Crippen molar-refractivity contribution in [3.8, 4) is 11.6 Å². The number of nitrogens with zero attached hydrogens (tertiary/aromatic N) is 3. The summed E-state index contributed by atoms with van der Waals surface area (Å²) in [5, 5.41) is 27.4. The molecule has 1 aromatic heterocycles. The Morgan fingerprint density at radius 1 is 1.00 bits per heavy atom. The standard InChI is InChI=1S/C17H13N3O4/c1-20-12-8-4-2-6-10(12)14(17(20)24)18-19-16(23)15(22)11-7-3-5-9-13(11)21/h2-9,21,24H,1H3. The molecule has 7 heteroatoms. The number of aromatic hydroxyl groups is 2. The summed E-state index contributed by atoms with van der Waals surface area (Å²) in [6.07, 6.45) is 0. The molecule has 24 heavy (non-hydrogen) atoms. The topological polar surface area (TPSA) is 104 Å². The number of benzene rings is 2. The van der Waals surface area contributed by atoms with Gasteiger partial charge < -0.3 is 14.8 Å². The third kappa shape index (κ3) is 2.52. The van der Waals surface area contributed by atoms with E-state index in [9.17, 15) is 19.8 Å². The molecule has 0 radical (unpaired) electrons. The van der Waals surface area contributed by atoms with Crippen LogP contribution >= 0.6 is 0 Å². The highest BCUT2D eigenvalue weighted by molar-refractivity contribution is 6.43. The van der Waals surface area contributed by atoms with Crippen LogP contribution in [0.5, 0.6) is 11.6 Å². The lowest BCUT2D eigenvalue weighted by atomic mass is 10.1. The second-order valence-electron chi connectivity index (χ2n) is 5.10. The molecule has 0 atom stereocenters. The summed E-state index contributed by atoms with van der Waals surface area (Å²) in [5.74, 6) is -2.58. The summed E-state index contributed by atoms with van der Waals surface area (Å²) < 4.78 is 1.50. The normalized spacial score (nSPS) is 11.2. The fourth-order valence-electron chi connectivity index (χ4n) is 2.38. The van der Waals surface area contributed by atoms with Gasteiger partial charge in [0.2, 0.25) is 5.88 Å². The smallest absolute Gasteiger partial charge is 0.336 e. The van der Waals surface area contributed by atoms with Gasteiger partial charge in [0, 0.05) is 12.4 Å². The number of phenols is 1. The number of hydrogen-bond donors (Lipinski definition) is 2. The zero-order valence-electron chi connectivity index (χ0n) is 12.7. The van der Waals surface area contributed by atoms with E-state index in [1.54, 1.807) is 31.3 Å². The summed E-state index contributed by atoms with van der Waals surface area (Å²) in [6.45, 7) is 0. The van der Waals surface area contributed by atoms with Crippen LogP contribution in [0.4, 0.5) is 5.69 Å². The summed E-state index contributed by atoms with van der Waals surface area (Å²) in [5.41, 5.74) is 0.665. The highest BCUT2D eigenvalue weighted by atomic mass is 16.3. The fourth-order valence-corrected chi connectivity index (χ4v) is 2.38. The van der Waals surface area contributed by atoms with E-state index in [1.165, 1.54) is 28.8 Å². The van der Waals surface area contributed by atoms with Crippen LogP contribution < -0.4 is 0 Å². The van der Waals surface area contributed by atoms with E-state index in [0.717, 1.165) is 0 Å². The summed E-state index contributed by atoms with van der Waals surface area (Å²) in [6, 6.07) is 12.7. The van der Waals surface area contributed by atoms with Gasteiger partial charge >= 0.3 is 5.91 Å². The number of amides is 1. The van der Waals surface area contributed by atoms with E-state index in [4.69, 9.17) is 0 Å². The highest BCUT2D eigenvalue weighted by Crippen LogP contribution is 2.37. The zero-order chi connectivity index (χ0) is 17.3. The molecule has 1 heterocycles. The van der Waals surface area contributed by atoms with Gasteiger partial charge in [0.05, 0.1) is 11.1 Å². The van der Waals surface area contributed by atoms with Crippen molar-refractivity contribution in [2.45, 2.75) is 0 Å². The van der Waals surface area contributed by atoms with Crippen molar-refractivity contribution < 1.29 is 19.8 Å². The van der Waals surface area contributed by atoms with Crippen molar-refractivity contribution in [1.82, 2.24) is 4.57 Å². The van der Waals surface area contributed by atoms with Gasteiger partial charge in [-0.1, -0.05) is 30.3 Å². The first-order chi connectivity index (χ1) is 11.5. The van der Waals surface area contributed by atoms with E-state index < -0.39 is 11.7 Å². The molecule has 0 fully saturated rings. The third-order valence-electron chi connectivity index (χ3n) is 3.63. The van der Waals surface area contributed by atoms with Crippen LogP contribution in [0, 0.1) is 0 Å². The van der Waals surface area contributed by atoms with Crippen molar-refractivity contribution in [3.63, 3.8) is 0 Å². The minimum atomic E-state index is -1.14. The predicted molar refractivity (Wildman–Crippen MR) is 86.5 cm³/mol. The Morgan fingerprint density at radius 2 is 1.67 bits per heavy atom. The summed E-state index contributed by atoms with van der Waals surface area (Å²) in [7, 11) is 1.64. The number of aryl methyl sites for hydroxylation is 1. The number of rotatable bonds is 3. The number of fused-ring (bicyclic) bond motifs is 1. The van der Waals surface area contributed by atoms with E-state index in [-0.39, 0.29) is 22.9 Å². The maximum atomic E-state index is 12.0. The zero-order valence-corrected chi connectivity index (χ0v) is 12.7.